The van der Waals surface area contributed by atoms with Gasteiger partial charge < -0.3 is 15.0 Å². The molecule has 0 fully saturated rings. The molecular weight excluding hydrogens is 569 g/mol. The molecule has 11 heteroatoms. The molecule has 41 heavy (non-hydrogen) atoms. The molecule has 8 nitrogen and oxygen atoms in total. The van der Waals surface area contributed by atoms with E-state index in [2.05, 4.69) is 5.32 Å². The van der Waals surface area contributed by atoms with Crippen molar-refractivity contribution in [1.29, 1.82) is 0 Å². The lowest BCUT2D eigenvalue weighted by Gasteiger charge is -2.32. The second-order valence-electron chi connectivity index (χ2n) is 9.50. The van der Waals surface area contributed by atoms with Crippen LogP contribution in [0.1, 0.15) is 39.7 Å². The van der Waals surface area contributed by atoms with Gasteiger partial charge in [-0.25, -0.2) is 12.8 Å². The number of anilines is 1. The van der Waals surface area contributed by atoms with E-state index in [0.717, 1.165) is 16.4 Å². The van der Waals surface area contributed by atoms with Crippen molar-refractivity contribution in [3.05, 3.63) is 89.2 Å². The molecular formula is C30H35ClFN3O5S. The van der Waals surface area contributed by atoms with E-state index in [-0.39, 0.29) is 29.1 Å². The Bertz CT molecular complexity index is 1440. The maximum atomic E-state index is 13.9. The fourth-order valence-corrected chi connectivity index (χ4v) is 5.61. The average molecular weight is 604 g/mol. The van der Waals surface area contributed by atoms with Gasteiger partial charge in [0.15, 0.2) is 0 Å². The number of carbonyl (C=O) groups is 2. The third-order valence-corrected chi connectivity index (χ3v) is 8.74. The van der Waals surface area contributed by atoms with Crippen molar-refractivity contribution in [3.63, 3.8) is 0 Å². The van der Waals surface area contributed by atoms with E-state index in [1.807, 2.05) is 20.8 Å². The first-order valence-corrected chi connectivity index (χ1v) is 15.1. The summed E-state index contributed by atoms with van der Waals surface area (Å²) in [5, 5.41) is 3.28. The highest BCUT2D eigenvalue weighted by atomic mass is 35.5. The Labute approximate surface area is 246 Å². The topological polar surface area (TPSA) is 96.0 Å². The molecule has 0 saturated heterocycles. The summed E-state index contributed by atoms with van der Waals surface area (Å²) >= 11 is 6.38. The summed E-state index contributed by atoms with van der Waals surface area (Å²) in [4.78, 5) is 28.2. The molecule has 0 unspecified atom stereocenters. The van der Waals surface area contributed by atoms with Gasteiger partial charge in [-0.1, -0.05) is 36.7 Å². The molecule has 0 saturated carbocycles. The standard InChI is InChI=1S/C30H35ClFN3O5S/c1-5-21(3)33-30(37)22(4)34(19-23-9-7-8-10-28(23)31)29(36)20-35(25-13-11-24(32)12-14-25)41(38,39)27-17-15-26(16-18-27)40-6-2/h7-18,21-22H,5-6,19-20H2,1-4H3,(H,33,37)/t21-,22-/m0/s1. The van der Waals surface area contributed by atoms with Crippen molar-refractivity contribution in [2.24, 2.45) is 0 Å². The average Bonchev–Trinajstić information content (AvgIpc) is 2.96. The third-order valence-electron chi connectivity index (χ3n) is 6.58. The maximum absolute atomic E-state index is 13.9. The number of halogens is 2. The number of hydrogen-bond donors (Lipinski definition) is 1. The van der Waals surface area contributed by atoms with E-state index in [4.69, 9.17) is 16.3 Å². The van der Waals surface area contributed by atoms with Crippen molar-refractivity contribution in [3.8, 4) is 5.75 Å². The molecule has 2 amide bonds. The van der Waals surface area contributed by atoms with Gasteiger partial charge in [-0.05, 0) is 87.4 Å². The highest BCUT2D eigenvalue weighted by Crippen LogP contribution is 2.27. The number of hydrogen-bond acceptors (Lipinski definition) is 5. The number of amides is 2. The zero-order valence-electron chi connectivity index (χ0n) is 23.5. The van der Waals surface area contributed by atoms with Crippen LogP contribution in [0.25, 0.3) is 0 Å². The molecule has 0 radical (unpaired) electrons. The summed E-state index contributed by atoms with van der Waals surface area (Å²) in [5.41, 5.74) is 0.677. The Hall–Kier alpha value is -3.63. The van der Waals surface area contributed by atoms with Crippen molar-refractivity contribution in [1.82, 2.24) is 10.2 Å². The van der Waals surface area contributed by atoms with Crippen molar-refractivity contribution < 1.29 is 27.1 Å². The quantitative estimate of drug-likeness (QED) is 0.282. The monoisotopic (exact) mass is 603 g/mol. The highest BCUT2D eigenvalue weighted by molar-refractivity contribution is 7.92. The minimum absolute atomic E-state index is 0.0338. The van der Waals surface area contributed by atoms with E-state index >= 15 is 0 Å². The number of carbonyl (C=O) groups excluding carboxylic acids is 2. The first kappa shape index (κ1) is 31.9. The van der Waals surface area contributed by atoms with Crippen LogP contribution in [0, 0.1) is 5.82 Å². The van der Waals surface area contributed by atoms with Gasteiger partial charge in [-0.3, -0.25) is 13.9 Å². The summed E-state index contributed by atoms with van der Waals surface area (Å²) in [5.74, 6) is -1.10. The van der Waals surface area contributed by atoms with Gasteiger partial charge in [0.1, 0.15) is 24.2 Å². The van der Waals surface area contributed by atoms with Crippen LogP contribution in [0.2, 0.25) is 5.02 Å². The normalized spacial score (nSPS) is 12.7. The number of rotatable bonds is 13. The van der Waals surface area contributed by atoms with Crippen molar-refractivity contribution in [2.75, 3.05) is 17.5 Å². The molecule has 3 aromatic rings. The van der Waals surface area contributed by atoms with E-state index in [0.29, 0.717) is 29.4 Å². The van der Waals surface area contributed by atoms with Crippen LogP contribution in [0.4, 0.5) is 10.1 Å². The number of nitrogens with zero attached hydrogens (tertiary/aromatic N) is 2. The molecule has 0 aliphatic carbocycles. The number of benzene rings is 3. The van der Waals surface area contributed by atoms with Crippen LogP contribution in [0.15, 0.2) is 77.7 Å². The lowest BCUT2D eigenvalue weighted by Crippen LogP contribution is -2.52. The summed E-state index contributed by atoms with van der Waals surface area (Å²) in [6, 6.07) is 16.4. The first-order chi connectivity index (χ1) is 19.5. The lowest BCUT2D eigenvalue weighted by atomic mass is 10.1. The molecule has 0 heterocycles. The van der Waals surface area contributed by atoms with Crippen LogP contribution < -0.4 is 14.4 Å². The highest BCUT2D eigenvalue weighted by Gasteiger charge is 2.33. The Morgan fingerprint density at radius 3 is 2.20 bits per heavy atom. The number of ether oxygens (including phenoxy) is 1. The Morgan fingerprint density at radius 1 is 0.976 bits per heavy atom. The van der Waals surface area contributed by atoms with Gasteiger partial charge in [0.05, 0.1) is 17.2 Å². The Balaban J connectivity index is 2.02. The molecule has 0 aromatic heterocycles. The summed E-state index contributed by atoms with van der Waals surface area (Å²) in [6.45, 7) is 6.90. The van der Waals surface area contributed by atoms with Crippen molar-refractivity contribution >= 4 is 39.1 Å². The largest absolute Gasteiger partial charge is 0.494 e. The smallest absolute Gasteiger partial charge is 0.264 e. The van der Waals surface area contributed by atoms with Gasteiger partial charge in [0.2, 0.25) is 11.8 Å². The first-order valence-electron chi connectivity index (χ1n) is 13.3. The summed E-state index contributed by atoms with van der Waals surface area (Å²) in [6.07, 6.45) is 0.690. The maximum Gasteiger partial charge on any atom is 0.264 e. The lowest BCUT2D eigenvalue weighted by molar-refractivity contribution is -0.139. The molecule has 0 bridgehead atoms. The zero-order chi connectivity index (χ0) is 30.2. The molecule has 0 aliphatic rings. The van der Waals surface area contributed by atoms with Gasteiger partial charge >= 0.3 is 0 Å². The van der Waals surface area contributed by atoms with E-state index in [9.17, 15) is 22.4 Å². The number of nitrogens with one attached hydrogen (secondary N) is 1. The molecule has 1 N–H and O–H groups in total. The van der Waals surface area contributed by atoms with Crippen molar-refractivity contribution in [2.45, 2.75) is 57.6 Å². The molecule has 0 aliphatic heterocycles. The Kier molecular flexibility index (Phi) is 11.1. The van der Waals surface area contributed by atoms with Crippen LogP contribution in [0.3, 0.4) is 0 Å². The fourth-order valence-electron chi connectivity index (χ4n) is 4.00. The molecule has 3 rings (SSSR count). The van der Waals surface area contributed by atoms with Crippen LogP contribution >= 0.6 is 11.6 Å². The number of sulfonamides is 1. The van der Waals surface area contributed by atoms with Gasteiger partial charge in [-0.15, -0.1) is 0 Å². The second kappa shape index (κ2) is 14.3. The van der Waals surface area contributed by atoms with Crippen LogP contribution in [-0.4, -0.2) is 50.4 Å². The minimum Gasteiger partial charge on any atom is -0.494 e. The third kappa shape index (κ3) is 8.20. The molecule has 0 spiro atoms. The van der Waals surface area contributed by atoms with Gasteiger partial charge in [0, 0.05) is 17.6 Å². The summed E-state index contributed by atoms with van der Waals surface area (Å²) < 4.78 is 47.8. The zero-order valence-corrected chi connectivity index (χ0v) is 25.1. The Morgan fingerprint density at radius 2 is 1.61 bits per heavy atom. The second-order valence-corrected chi connectivity index (χ2v) is 11.8. The van der Waals surface area contributed by atoms with Crippen LogP contribution in [-0.2, 0) is 26.2 Å². The predicted octanol–water partition coefficient (Wildman–Crippen LogP) is 5.41. The minimum atomic E-state index is -4.30. The molecule has 220 valence electrons. The van der Waals surface area contributed by atoms with Crippen LogP contribution in [0.5, 0.6) is 5.75 Å². The van der Waals surface area contributed by atoms with E-state index in [1.54, 1.807) is 31.2 Å². The van der Waals surface area contributed by atoms with Gasteiger partial charge in [0.25, 0.3) is 10.0 Å². The fraction of sp³-hybridized carbons (Fsp3) is 0.333. The summed E-state index contributed by atoms with van der Waals surface area (Å²) in [7, 11) is -4.30. The molecule has 3 aromatic carbocycles. The van der Waals surface area contributed by atoms with E-state index in [1.165, 1.54) is 41.3 Å². The van der Waals surface area contributed by atoms with Gasteiger partial charge in [-0.2, -0.15) is 0 Å². The predicted molar refractivity (Wildman–Crippen MR) is 158 cm³/mol. The van der Waals surface area contributed by atoms with E-state index < -0.39 is 34.3 Å². The molecule has 2 atom stereocenters. The SMILES string of the molecule is CCOc1ccc(S(=O)(=O)N(CC(=O)N(Cc2ccccc2Cl)[C@@H](C)C(=O)N[C@@H](C)CC)c2ccc(F)cc2)cc1.